The minimum Gasteiger partial charge on any atom is -0.493 e. The van der Waals surface area contributed by atoms with E-state index in [1.54, 1.807) is 24.3 Å². The molecule has 9 nitrogen and oxygen atoms in total. The second kappa shape index (κ2) is 6.43. The van der Waals surface area contributed by atoms with E-state index in [1.165, 1.54) is 14.2 Å². The van der Waals surface area contributed by atoms with Gasteiger partial charge in [-0.25, -0.2) is 4.79 Å². The van der Waals surface area contributed by atoms with E-state index in [0.717, 1.165) is 0 Å². The van der Waals surface area contributed by atoms with Gasteiger partial charge in [-0.2, -0.15) is 0 Å². The van der Waals surface area contributed by atoms with Gasteiger partial charge in [0.2, 0.25) is 25.1 Å². The summed E-state index contributed by atoms with van der Waals surface area (Å²) in [6.45, 7) is 0.219. The molecule has 2 amide bonds. The highest BCUT2D eigenvalue weighted by molar-refractivity contribution is 6.00. The standard InChI is InChI=1S/C17H16N2O7/c1-21-11-3-9(5-13-15(11)25-7-23-13)18-17(20)19-10-4-12(22-2)16-14(6-10)24-8-26-16/h3-6H,7-8H2,1-2H3,(H2,18,19,20). The quantitative estimate of drug-likeness (QED) is 0.865. The molecular weight excluding hydrogens is 344 g/mol. The average molecular weight is 360 g/mol. The van der Waals surface area contributed by atoms with E-state index in [-0.39, 0.29) is 13.6 Å². The summed E-state index contributed by atoms with van der Waals surface area (Å²) in [5.41, 5.74) is 0.993. The average Bonchev–Trinajstić information content (AvgIpc) is 3.28. The molecule has 0 radical (unpaired) electrons. The van der Waals surface area contributed by atoms with E-state index in [0.29, 0.717) is 45.9 Å². The summed E-state index contributed by atoms with van der Waals surface area (Å²) in [5.74, 6) is 2.98. The van der Waals surface area contributed by atoms with Crippen molar-refractivity contribution in [2.24, 2.45) is 0 Å². The Balaban J connectivity index is 1.51. The number of nitrogens with one attached hydrogen (secondary N) is 2. The molecular formula is C17H16N2O7. The Hall–Kier alpha value is -3.49. The molecule has 0 bridgehead atoms. The fraction of sp³-hybridized carbons (Fsp3) is 0.235. The molecule has 2 aromatic rings. The molecule has 0 aliphatic carbocycles. The molecule has 0 atom stereocenters. The molecule has 0 saturated heterocycles. The Labute approximate surface area is 148 Å². The van der Waals surface area contributed by atoms with Crippen LogP contribution < -0.4 is 39.1 Å². The van der Waals surface area contributed by atoms with Crippen molar-refractivity contribution in [1.82, 2.24) is 0 Å². The second-order valence-electron chi connectivity index (χ2n) is 5.40. The highest BCUT2D eigenvalue weighted by atomic mass is 16.7. The molecule has 0 fully saturated rings. The van der Waals surface area contributed by atoms with Gasteiger partial charge in [-0.3, -0.25) is 0 Å². The van der Waals surface area contributed by atoms with Crippen LogP contribution in [0.15, 0.2) is 24.3 Å². The van der Waals surface area contributed by atoms with Crippen LogP contribution in [0.3, 0.4) is 0 Å². The maximum absolute atomic E-state index is 12.3. The first kappa shape index (κ1) is 16.0. The number of ether oxygens (including phenoxy) is 6. The van der Waals surface area contributed by atoms with Crippen LogP contribution in [0.4, 0.5) is 16.2 Å². The van der Waals surface area contributed by atoms with Gasteiger partial charge in [0.25, 0.3) is 0 Å². The van der Waals surface area contributed by atoms with Crippen LogP contribution in [-0.2, 0) is 0 Å². The number of amides is 2. The Kier molecular flexibility index (Phi) is 3.96. The number of rotatable bonds is 4. The summed E-state index contributed by atoms with van der Waals surface area (Å²) in [7, 11) is 3.03. The van der Waals surface area contributed by atoms with E-state index >= 15 is 0 Å². The van der Waals surface area contributed by atoms with Crippen molar-refractivity contribution in [3.8, 4) is 34.5 Å². The molecule has 2 aliphatic rings. The van der Waals surface area contributed by atoms with Gasteiger partial charge in [-0.05, 0) is 0 Å². The van der Waals surface area contributed by atoms with Gasteiger partial charge in [-0.15, -0.1) is 0 Å². The number of fused-ring (bicyclic) bond motifs is 2. The summed E-state index contributed by atoms with van der Waals surface area (Å²) in [4.78, 5) is 12.3. The van der Waals surface area contributed by atoms with Crippen molar-refractivity contribution in [1.29, 1.82) is 0 Å². The molecule has 2 aromatic carbocycles. The normalized spacial score (nSPS) is 13.3. The minimum absolute atomic E-state index is 0.109. The van der Waals surface area contributed by atoms with E-state index in [1.807, 2.05) is 0 Å². The Bertz CT molecular complexity index is 799. The van der Waals surface area contributed by atoms with Crippen LogP contribution in [0.1, 0.15) is 0 Å². The molecule has 4 rings (SSSR count). The number of hydrogen-bond donors (Lipinski definition) is 2. The summed E-state index contributed by atoms with van der Waals surface area (Å²) in [6.07, 6.45) is 0. The predicted molar refractivity (Wildman–Crippen MR) is 90.9 cm³/mol. The summed E-state index contributed by atoms with van der Waals surface area (Å²) in [5, 5.41) is 5.44. The number of benzene rings is 2. The zero-order valence-corrected chi connectivity index (χ0v) is 14.1. The number of methoxy groups -OCH3 is 2. The van der Waals surface area contributed by atoms with E-state index < -0.39 is 6.03 Å². The Morgan fingerprint density at radius 3 is 1.69 bits per heavy atom. The molecule has 9 heteroatoms. The lowest BCUT2D eigenvalue weighted by Gasteiger charge is -2.12. The van der Waals surface area contributed by atoms with Crippen molar-refractivity contribution < 1.29 is 33.2 Å². The molecule has 0 spiro atoms. The van der Waals surface area contributed by atoms with E-state index in [4.69, 9.17) is 28.4 Å². The van der Waals surface area contributed by atoms with Gasteiger partial charge in [0.15, 0.2) is 23.0 Å². The van der Waals surface area contributed by atoms with Gasteiger partial charge in [0.1, 0.15) is 0 Å². The monoisotopic (exact) mass is 360 g/mol. The highest BCUT2D eigenvalue weighted by Crippen LogP contribution is 2.44. The molecule has 2 aliphatic heterocycles. The largest absolute Gasteiger partial charge is 0.493 e. The molecule has 26 heavy (non-hydrogen) atoms. The molecule has 2 N–H and O–H groups in total. The second-order valence-corrected chi connectivity index (χ2v) is 5.40. The third-order valence-electron chi connectivity index (χ3n) is 3.83. The smallest absolute Gasteiger partial charge is 0.323 e. The summed E-state index contributed by atoms with van der Waals surface area (Å²) in [6, 6.07) is 6.16. The third kappa shape index (κ3) is 2.83. The lowest BCUT2D eigenvalue weighted by molar-refractivity contribution is 0.171. The highest BCUT2D eigenvalue weighted by Gasteiger charge is 2.22. The molecule has 136 valence electrons. The van der Waals surface area contributed by atoms with Crippen LogP contribution in [0.2, 0.25) is 0 Å². The maximum Gasteiger partial charge on any atom is 0.323 e. The number of carbonyl (C=O) groups excluding carboxylic acids is 1. The predicted octanol–water partition coefficient (Wildman–Crippen LogP) is 2.81. The number of urea groups is 1. The van der Waals surface area contributed by atoms with Crippen LogP contribution in [0.25, 0.3) is 0 Å². The fourth-order valence-corrected chi connectivity index (χ4v) is 2.70. The van der Waals surface area contributed by atoms with Gasteiger partial charge < -0.3 is 39.1 Å². The van der Waals surface area contributed by atoms with Crippen molar-refractivity contribution in [2.75, 3.05) is 38.4 Å². The van der Waals surface area contributed by atoms with E-state index in [2.05, 4.69) is 10.6 Å². The first-order chi connectivity index (χ1) is 12.7. The first-order valence-corrected chi connectivity index (χ1v) is 7.71. The molecule has 0 unspecified atom stereocenters. The summed E-state index contributed by atoms with van der Waals surface area (Å²) < 4.78 is 31.8. The van der Waals surface area contributed by atoms with Gasteiger partial charge in [0, 0.05) is 24.3 Å². The third-order valence-corrected chi connectivity index (χ3v) is 3.83. The van der Waals surface area contributed by atoms with Gasteiger partial charge >= 0.3 is 6.03 Å². The topological polar surface area (TPSA) is 96.5 Å². The minimum atomic E-state index is -0.452. The summed E-state index contributed by atoms with van der Waals surface area (Å²) >= 11 is 0. The SMILES string of the molecule is COc1cc(NC(=O)Nc2cc(OC)c3c(c2)OCO3)cc2c1OCO2. The van der Waals surface area contributed by atoms with Crippen molar-refractivity contribution in [3.05, 3.63) is 24.3 Å². The van der Waals surface area contributed by atoms with Crippen molar-refractivity contribution >= 4 is 17.4 Å². The molecule has 0 aromatic heterocycles. The lowest BCUT2D eigenvalue weighted by Crippen LogP contribution is -2.19. The van der Waals surface area contributed by atoms with Gasteiger partial charge in [0.05, 0.1) is 25.6 Å². The Morgan fingerprint density at radius 2 is 1.27 bits per heavy atom. The van der Waals surface area contributed by atoms with Crippen molar-refractivity contribution in [3.63, 3.8) is 0 Å². The van der Waals surface area contributed by atoms with Crippen LogP contribution in [0, 0.1) is 0 Å². The lowest BCUT2D eigenvalue weighted by atomic mass is 10.2. The number of carbonyl (C=O) groups is 1. The first-order valence-electron chi connectivity index (χ1n) is 7.71. The van der Waals surface area contributed by atoms with E-state index in [9.17, 15) is 4.79 Å². The zero-order valence-electron chi connectivity index (χ0n) is 14.1. The molecule has 2 heterocycles. The zero-order chi connectivity index (χ0) is 18.1. The fourth-order valence-electron chi connectivity index (χ4n) is 2.70. The molecule has 0 saturated carbocycles. The van der Waals surface area contributed by atoms with Crippen LogP contribution in [-0.4, -0.2) is 33.8 Å². The van der Waals surface area contributed by atoms with Crippen LogP contribution in [0.5, 0.6) is 34.5 Å². The van der Waals surface area contributed by atoms with Crippen LogP contribution >= 0.6 is 0 Å². The number of hydrogen-bond acceptors (Lipinski definition) is 7. The maximum atomic E-state index is 12.3. The Morgan fingerprint density at radius 1 is 0.808 bits per heavy atom. The number of anilines is 2. The van der Waals surface area contributed by atoms with Gasteiger partial charge in [-0.1, -0.05) is 0 Å². The van der Waals surface area contributed by atoms with Crippen molar-refractivity contribution in [2.45, 2.75) is 0 Å².